The third kappa shape index (κ3) is 7.51. The molecule has 0 saturated heterocycles. The van der Waals surface area contributed by atoms with Crippen LogP contribution < -0.4 is 15.4 Å². The number of guanidine groups is 1. The quantitative estimate of drug-likeness (QED) is 0.439. The van der Waals surface area contributed by atoms with Crippen molar-refractivity contribution in [2.75, 3.05) is 25.9 Å². The molecule has 0 amide bonds. The van der Waals surface area contributed by atoms with Crippen molar-refractivity contribution < 1.29 is 8.42 Å². The number of aromatic nitrogens is 1. The summed E-state index contributed by atoms with van der Waals surface area (Å²) in [6.07, 6.45) is 2.66. The number of benzene rings is 1. The molecular weight excluding hydrogens is 370 g/mol. The summed E-state index contributed by atoms with van der Waals surface area (Å²) in [7, 11) is -1.69. The molecule has 0 unspecified atom stereocenters. The summed E-state index contributed by atoms with van der Waals surface area (Å²) in [6.45, 7) is 3.29. The maximum Gasteiger partial charge on any atom is 0.213 e. The first-order valence-corrected chi connectivity index (χ1v) is 10.8. The van der Waals surface area contributed by atoms with Gasteiger partial charge < -0.3 is 10.6 Å². The normalized spacial score (nSPS) is 12.2. The molecule has 0 aliphatic rings. The van der Waals surface area contributed by atoms with E-state index in [0.717, 1.165) is 17.0 Å². The Hall–Kier alpha value is -1.97. The zero-order valence-electron chi connectivity index (χ0n) is 15.0. The largest absolute Gasteiger partial charge is 0.356 e. The molecule has 2 rings (SSSR count). The van der Waals surface area contributed by atoms with Crippen molar-refractivity contribution in [3.8, 4) is 0 Å². The van der Waals surface area contributed by atoms with Gasteiger partial charge >= 0.3 is 0 Å². The lowest BCUT2D eigenvalue weighted by molar-refractivity contribution is 0.580. The second-order valence-electron chi connectivity index (χ2n) is 5.67. The first-order chi connectivity index (χ1) is 12.5. The number of thiazole rings is 1. The summed E-state index contributed by atoms with van der Waals surface area (Å²) in [5.41, 5.74) is 0.930. The third-order valence-electron chi connectivity index (χ3n) is 3.53. The topological polar surface area (TPSA) is 95.5 Å². The van der Waals surface area contributed by atoms with Gasteiger partial charge in [0.05, 0.1) is 10.8 Å². The molecule has 7 nitrogen and oxygen atoms in total. The van der Waals surface area contributed by atoms with E-state index in [9.17, 15) is 8.42 Å². The van der Waals surface area contributed by atoms with Gasteiger partial charge in [0.1, 0.15) is 0 Å². The van der Waals surface area contributed by atoms with E-state index >= 15 is 0 Å². The van der Waals surface area contributed by atoms with Crippen LogP contribution in [-0.2, 0) is 23.0 Å². The lowest BCUT2D eigenvalue weighted by atomic mass is 10.2. The van der Waals surface area contributed by atoms with Crippen molar-refractivity contribution in [1.82, 2.24) is 20.3 Å². The maximum absolute atomic E-state index is 12.1. The van der Waals surface area contributed by atoms with E-state index in [2.05, 4.69) is 25.3 Å². The van der Waals surface area contributed by atoms with E-state index in [0.29, 0.717) is 19.0 Å². The van der Waals surface area contributed by atoms with Crippen molar-refractivity contribution in [2.24, 2.45) is 4.99 Å². The van der Waals surface area contributed by atoms with Gasteiger partial charge in [-0.3, -0.25) is 4.99 Å². The van der Waals surface area contributed by atoms with Crippen LogP contribution in [0.1, 0.15) is 15.4 Å². The highest BCUT2D eigenvalue weighted by Crippen LogP contribution is 2.10. The maximum atomic E-state index is 12.1. The van der Waals surface area contributed by atoms with Crippen molar-refractivity contribution in [3.05, 3.63) is 52.0 Å². The molecule has 0 atom stereocenters. The first kappa shape index (κ1) is 20.3. The van der Waals surface area contributed by atoms with E-state index < -0.39 is 10.0 Å². The average Bonchev–Trinajstić information content (AvgIpc) is 3.05. The van der Waals surface area contributed by atoms with Crippen LogP contribution in [0.25, 0.3) is 0 Å². The summed E-state index contributed by atoms with van der Waals surface area (Å²) in [6, 6.07) is 9.44. The molecule has 1 aromatic carbocycles. The second-order valence-corrected chi connectivity index (χ2v) is 8.91. The zero-order chi connectivity index (χ0) is 18.8. The monoisotopic (exact) mass is 395 g/mol. The lowest BCUT2D eigenvalue weighted by Crippen LogP contribution is -2.41. The average molecular weight is 396 g/mol. The summed E-state index contributed by atoms with van der Waals surface area (Å²) in [4.78, 5) is 9.60. The molecule has 26 heavy (non-hydrogen) atoms. The molecule has 0 aliphatic carbocycles. The number of rotatable bonds is 9. The van der Waals surface area contributed by atoms with E-state index in [1.807, 2.05) is 43.5 Å². The van der Waals surface area contributed by atoms with Crippen LogP contribution in [-0.4, -0.2) is 45.3 Å². The number of sulfonamides is 1. The highest BCUT2D eigenvalue weighted by atomic mass is 32.2. The van der Waals surface area contributed by atoms with Crippen molar-refractivity contribution in [1.29, 1.82) is 0 Å². The Balaban J connectivity index is 1.67. The third-order valence-corrected chi connectivity index (χ3v) is 5.82. The van der Waals surface area contributed by atoms with Crippen molar-refractivity contribution in [3.63, 3.8) is 0 Å². The molecule has 3 N–H and O–H groups in total. The Morgan fingerprint density at radius 3 is 2.58 bits per heavy atom. The molecule has 0 saturated carbocycles. The van der Waals surface area contributed by atoms with Gasteiger partial charge in [0.2, 0.25) is 10.0 Å². The number of nitrogens with one attached hydrogen (secondary N) is 3. The zero-order valence-corrected chi connectivity index (χ0v) is 16.7. The van der Waals surface area contributed by atoms with Crippen LogP contribution in [0.2, 0.25) is 0 Å². The fourth-order valence-corrected chi connectivity index (χ4v) is 3.88. The van der Waals surface area contributed by atoms with Gasteiger partial charge in [0, 0.05) is 44.2 Å². The Kier molecular flexibility index (Phi) is 8.02. The Labute approximate surface area is 159 Å². The van der Waals surface area contributed by atoms with Crippen LogP contribution in [0, 0.1) is 6.92 Å². The minimum absolute atomic E-state index is 0.0216. The van der Waals surface area contributed by atoms with E-state index in [4.69, 9.17) is 0 Å². The summed E-state index contributed by atoms with van der Waals surface area (Å²) in [5, 5.41) is 7.25. The number of aryl methyl sites for hydroxylation is 1. The molecule has 2 aromatic rings. The molecule has 1 heterocycles. The predicted molar refractivity (Wildman–Crippen MR) is 107 cm³/mol. The Morgan fingerprint density at radius 2 is 1.92 bits per heavy atom. The van der Waals surface area contributed by atoms with Gasteiger partial charge in [-0.05, 0) is 12.5 Å². The fraction of sp³-hybridized carbons (Fsp3) is 0.412. The van der Waals surface area contributed by atoms with Crippen LogP contribution in [0.15, 0.2) is 41.5 Å². The molecule has 0 bridgehead atoms. The molecular formula is C17H25N5O2S2. The molecule has 0 aliphatic heterocycles. The fourth-order valence-electron chi connectivity index (χ4n) is 2.19. The van der Waals surface area contributed by atoms with Crippen LogP contribution in [0.4, 0.5) is 0 Å². The Bertz CT molecular complexity index is 804. The van der Waals surface area contributed by atoms with Gasteiger partial charge in [-0.1, -0.05) is 30.3 Å². The SMILES string of the molecule is CN=C(NCCc1ncc(C)s1)NCCS(=O)(=O)NCc1ccccc1. The lowest BCUT2D eigenvalue weighted by Gasteiger charge is -2.12. The minimum Gasteiger partial charge on any atom is -0.356 e. The number of hydrogen-bond acceptors (Lipinski definition) is 5. The van der Waals surface area contributed by atoms with Gasteiger partial charge in [0.25, 0.3) is 0 Å². The van der Waals surface area contributed by atoms with E-state index in [1.54, 1.807) is 18.4 Å². The molecule has 0 spiro atoms. The van der Waals surface area contributed by atoms with Crippen molar-refractivity contribution in [2.45, 2.75) is 19.9 Å². The summed E-state index contributed by atoms with van der Waals surface area (Å²) in [5.74, 6) is 0.559. The number of aliphatic imine (C=N–C) groups is 1. The standard InChI is InChI=1S/C17H25N5O2S2/c1-14-12-21-16(25-14)8-9-19-17(18-2)20-10-11-26(23,24)22-13-15-6-4-3-5-7-15/h3-7,12,22H,8-11,13H2,1-2H3,(H2,18,19,20). The van der Waals surface area contributed by atoms with E-state index in [-0.39, 0.29) is 12.3 Å². The highest BCUT2D eigenvalue weighted by molar-refractivity contribution is 7.89. The number of hydrogen-bond donors (Lipinski definition) is 3. The van der Waals surface area contributed by atoms with Gasteiger partial charge in [-0.15, -0.1) is 11.3 Å². The van der Waals surface area contributed by atoms with Gasteiger partial charge in [-0.25, -0.2) is 18.1 Å². The van der Waals surface area contributed by atoms with Crippen LogP contribution in [0.3, 0.4) is 0 Å². The molecule has 1 aromatic heterocycles. The Morgan fingerprint density at radius 1 is 1.19 bits per heavy atom. The smallest absolute Gasteiger partial charge is 0.213 e. The number of nitrogens with zero attached hydrogens (tertiary/aromatic N) is 2. The van der Waals surface area contributed by atoms with Gasteiger partial charge in [-0.2, -0.15) is 0 Å². The first-order valence-electron chi connectivity index (χ1n) is 8.35. The predicted octanol–water partition coefficient (Wildman–Crippen LogP) is 1.28. The minimum atomic E-state index is -3.35. The van der Waals surface area contributed by atoms with Crippen LogP contribution >= 0.6 is 11.3 Å². The van der Waals surface area contributed by atoms with Crippen LogP contribution in [0.5, 0.6) is 0 Å². The second kappa shape index (κ2) is 10.2. The summed E-state index contributed by atoms with van der Waals surface area (Å²) >= 11 is 1.67. The molecule has 0 radical (unpaired) electrons. The van der Waals surface area contributed by atoms with E-state index in [1.165, 1.54) is 4.88 Å². The highest BCUT2D eigenvalue weighted by Gasteiger charge is 2.10. The molecule has 9 heteroatoms. The van der Waals surface area contributed by atoms with Crippen molar-refractivity contribution >= 4 is 27.3 Å². The molecule has 0 fully saturated rings. The van der Waals surface area contributed by atoms with Gasteiger partial charge in [0.15, 0.2) is 5.96 Å². The summed E-state index contributed by atoms with van der Waals surface area (Å²) < 4.78 is 26.7. The molecule has 142 valence electrons.